The Balaban J connectivity index is 0.00000423. The minimum atomic E-state index is -4.37. The first-order chi connectivity index (χ1) is 19.9. The van der Waals surface area contributed by atoms with E-state index in [2.05, 4.69) is 4.90 Å². The summed E-state index contributed by atoms with van der Waals surface area (Å²) < 4.78 is 76.0. The Labute approximate surface area is 283 Å². The van der Waals surface area contributed by atoms with Gasteiger partial charge in [0.15, 0.2) is 6.54 Å². The third-order valence-corrected chi connectivity index (χ3v) is 10.4. The number of nitrogens with zero attached hydrogens (tertiary/aromatic N) is 2. The third-order valence-electron chi connectivity index (χ3n) is 7.22. The zero-order chi connectivity index (χ0) is 30.1. The standard InChI is InChI=1S/C29H31ClN2O7S3.Na/c1-2-20(18-28-31(13-5-15-41(33,34)35)24-19-22(30)10-12-26(24)40-28)17-27-32(14-6-16-42(36,37)38)29-23-8-4-3-7-21(23)9-11-25(29)39-27;/h3-4,7-12,17-19,24,26H,2,5-6,13-16H2,1H3,(H-,33,34,35,36,37,38);/q;+1/p-1. The van der Waals surface area contributed by atoms with Gasteiger partial charge in [-0.3, -0.25) is 0 Å². The number of aryl methyl sites for hydroxylation is 1. The van der Waals surface area contributed by atoms with Gasteiger partial charge in [-0.1, -0.05) is 60.6 Å². The molecular weight excluding hydrogens is 643 g/mol. The topological polar surface area (TPSA) is 135 Å². The van der Waals surface area contributed by atoms with Crippen molar-refractivity contribution in [1.29, 1.82) is 0 Å². The van der Waals surface area contributed by atoms with Crippen LogP contribution in [0.15, 0.2) is 80.8 Å². The van der Waals surface area contributed by atoms with Gasteiger partial charge in [0.05, 0.1) is 48.0 Å². The molecule has 1 aliphatic carbocycles. The number of rotatable bonds is 11. The SMILES string of the molecule is CCC(/C=C1\SC2C=CC(Cl)=CC2N1CCCS(=O)(=O)[O-])=C\c1oc2ccc3ccccc3c2[n+]1CCCS(=O)(=O)[O-].[Na+]. The number of allylic oxidation sites excluding steroid dienone is 4. The fourth-order valence-electron chi connectivity index (χ4n) is 5.30. The molecule has 5 rings (SSSR count). The van der Waals surface area contributed by atoms with Gasteiger partial charge in [-0.15, -0.1) is 0 Å². The molecule has 2 aromatic carbocycles. The number of thioether (sulfide) groups is 1. The summed E-state index contributed by atoms with van der Waals surface area (Å²) in [7, 11) is -8.71. The van der Waals surface area contributed by atoms with E-state index in [1.807, 2.05) is 78.3 Å². The van der Waals surface area contributed by atoms with Crippen molar-refractivity contribution in [2.24, 2.45) is 0 Å². The fraction of sp³-hybridized carbons (Fsp3) is 0.345. The van der Waals surface area contributed by atoms with Crippen molar-refractivity contribution >= 4 is 71.5 Å². The molecule has 0 amide bonds. The number of hydrogen-bond acceptors (Lipinski definition) is 9. The van der Waals surface area contributed by atoms with Gasteiger partial charge in [-0.2, -0.15) is 4.57 Å². The molecule has 9 nitrogen and oxygen atoms in total. The van der Waals surface area contributed by atoms with E-state index in [0.29, 0.717) is 29.5 Å². The summed E-state index contributed by atoms with van der Waals surface area (Å²) in [4.78, 5) is 2.08. The predicted molar refractivity (Wildman–Crippen MR) is 164 cm³/mol. The second-order valence-electron chi connectivity index (χ2n) is 10.2. The number of oxazole rings is 1. The summed E-state index contributed by atoms with van der Waals surface area (Å²) in [6, 6.07) is 11.6. The van der Waals surface area contributed by atoms with Crippen LogP contribution in [-0.4, -0.2) is 60.2 Å². The fourth-order valence-corrected chi connectivity index (χ4v) is 7.83. The maximum Gasteiger partial charge on any atom is 1.00 e. The van der Waals surface area contributed by atoms with E-state index < -0.39 is 31.7 Å². The van der Waals surface area contributed by atoms with Crippen LogP contribution < -0.4 is 34.1 Å². The largest absolute Gasteiger partial charge is 1.00 e. The Hall–Kier alpha value is -1.61. The van der Waals surface area contributed by atoms with Crippen LogP contribution in [-0.2, 0) is 26.8 Å². The van der Waals surface area contributed by atoms with Gasteiger partial charge in [0.2, 0.25) is 5.58 Å². The Kier molecular flexibility index (Phi) is 11.3. The average molecular weight is 673 g/mol. The van der Waals surface area contributed by atoms with Crippen LogP contribution in [0.3, 0.4) is 0 Å². The summed E-state index contributed by atoms with van der Waals surface area (Å²) in [5.41, 5.74) is 2.38. The first-order valence-electron chi connectivity index (χ1n) is 13.5. The molecule has 0 radical (unpaired) electrons. The molecule has 43 heavy (non-hydrogen) atoms. The van der Waals surface area contributed by atoms with Crippen LogP contribution >= 0.6 is 23.4 Å². The molecule has 1 aromatic heterocycles. The predicted octanol–water partition coefficient (Wildman–Crippen LogP) is 1.86. The maximum atomic E-state index is 11.3. The molecule has 0 saturated carbocycles. The van der Waals surface area contributed by atoms with Gasteiger partial charge in [0.1, 0.15) is 0 Å². The van der Waals surface area contributed by atoms with Crippen molar-refractivity contribution in [1.82, 2.24) is 4.90 Å². The summed E-state index contributed by atoms with van der Waals surface area (Å²) in [6.45, 7) is 2.64. The first-order valence-corrected chi connectivity index (χ1v) is 18.0. The molecule has 1 aliphatic heterocycles. The van der Waals surface area contributed by atoms with E-state index >= 15 is 0 Å². The molecule has 1 fully saturated rings. The first kappa shape index (κ1) is 34.3. The average Bonchev–Trinajstić information content (AvgIpc) is 3.44. The monoisotopic (exact) mass is 672 g/mol. The van der Waals surface area contributed by atoms with Gasteiger partial charge >= 0.3 is 35.4 Å². The smallest absolute Gasteiger partial charge is 0.748 e. The molecule has 2 unspecified atom stereocenters. The van der Waals surface area contributed by atoms with Crippen molar-refractivity contribution in [3.05, 3.63) is 82.2 Å². The van der Waals surface area contributed by atoms with Crippen LogP contribution in [0.5, 0.6) is 0 Å². The molecule has 0 spiro atoms. The second-order valence-corrected chi connectivity index (χ2v) is 14.9. The molecule has 2 atom stereocenters. The molecule has 14 heteroatoms. The number of halogens is 1. The van der Waals surface area contributed by atoms with E-state index in [1.54, 1.807) is 11.8 Å². The Morgan fingerprint density at radius 1 is 1.09 bits per heavy atom. The van der Waals surface area contributed by atoms with Crippen LogP contribution in [0.2, 0.25) is 0 Å². The molecule has 2 aliphatic rings. The van der Waals surface area contributed by atoms with E-state index in [0.717, 1.165) is 26.9 Å². The van der Waals surface area contributed by atoms with Gasteiger partial charge in [-0.25, -0.2) is 16.8 Å². The minimum Gasteiger partial charge on any atom is -0.748 e. The van der Waals surface area contributed by atoms with E-state index in [4.69, 9.17) is 16.0 Å². The van der Waals surface area contributed by atoms with Gasteiger partial charge in [-0.05, 0) is 54.2 Å². The molecule has 3 aromatic rings. The number of aromatic nitrogens is 1. The molecule has 0 bridgehead atoms. The van der Waals surface area contributed by atoms with Crippen LogP contribution in [0.4, 0.5) is 0 Å². The summed E-state index contributed by atoms with van der Waals surface area (Å²) in [5.74, 6) is -0.415. The third kappa shape index (κ3) is 8.56. The zero-order valence-corrected chi connectivity index (χ0v) is 29.0. The minimum absolute atomic E-state index is 0. The van der Waals surface area contributed by atoms with Crippen molar-refractivity contribution < 1.29 is 64.5 Å². The van der Waals surface area contributed by atoms with Crippen LogP contribution in [0.1, 0.15) is 32.1 Å². The van der Waals surface area contributed by atoms with Crippen molar-refractivity contribution in [2.45, 2.75) is 44.0 Å². The van der Waals surface area contributed by atoms with Crippen molar-refractivity contribution in [3.63, 3.8) is 0 Å². The van der Waals surface area contributed by atoms with Gasteiger partial charge in [0, 0.05) is 29.5 Å². The quantitative estimate of drug-likeness (QED) is 0.170. The number of benzene rings is 2. The second kappa shape index (κ2) is 14.2. The molecule has 224 valence electrons. The molecule has 2 heterocycles. The summed E-state index contributed by atoms with van der Waals surface area (Å²) in [5, 5.41) is 3.55. The molecule has 1 saturated heterocycles. The summed E-state index contributed by atoms with van der Waals surface area (Å²) >= 11 is 7.93. The zero-order valence-electron chi connectivity index (χ0n) is 23.8. The normalized spacial score (nSPS) is 20.1. The van der Waals surface area contributed by atoms with Crippen LogP contribution in [0, 0.1) is 0 Å². The Bertz CT molecular complexity index is 1850. The van der Waals surface area contributed by atoms with Gasteiger partial charge in [0.25, 0.3) is 5.52 Å². The van der Waals surface area contributed by atoms with Crippen LogP contribution in [0.25, 0.3) is 27.9 Å². The molecular formula is C29H30ClN2NaO7S3. The van der Waals surface area contributed by atoms with E-state index in [-0.39, 0.29) is 60.2 Å². The summed E-state index contributed by atoms with van der Waals surface area (Å²) in [6.07, 6.45) is 10.7. The van der Waals surface area contributed by atoms with Crippen molar-refractivity contribution in [2.75, 3.05) is 18.1 Å². The number of hydrogen-bond donors (Lipinski definition) is 0. The maximum absolute atomic E-state index is 11.3. The van der Waals surface area contributed by atoms with E-state index in [9.17, 15) is 25.9 Å². The Morgan fingerprint density at radius 3 is 2.53 bits per heavy atom. The van der Waals surface area contributed by atoms with E-state index in [1.165, 1.54) is 0 Å². The Morgan fingerprint density at radius 2 is 1.81 bits per heavy atom. The van der Waals surface area contributed by atoms with Gasteiger partial charge < -0.3 is 18.4 Å². The number of fused-ring (bicyclic) bond motifs is 4. The molecule has 0 N–H and O–H groups in total. The van der Waals surface area contributed by atoms with Crippen molar-refractivity contribution in [3.8, 4) is 0 Å².